The third-order valence-electron chi connectivity index (χ3n) is 2.37. The van der Waals surface area contributed by atoms with Crippen molar-refractivity contribution < 1.29 is 0 Å². The summed E-state index contributed by atoms with van der Waals surface area (Å²) in [6, 6.07) is 0. The van der Waals surface area contributed by atoms with E-state index in [0.29, 0.717) is 7.92 Å². The Labute approximate surface area is 60.3 Å². The molecule has 3 atom stereocenters. The van der Waals surface area contributed by atoms with E-state index in [1.165, 1.54) is 14.0 Å². The minimum absolute atomic E-state index is 0.593. The zero-order valence-electron chi connectivity index (χ0n) is 5.77. The fraction of sp³-hybridized carbons (Fsp3) is 1.00. The van der Waals surface area contributed by atoms with E-state index in [2.05, 4.69) is 0 Å². The van der Waals surface area contributed by atoms with Crippen molar-refractivity contribution in [3.63, 3.8) is 0 Å². The Morgan fingerprint density at radius 2 is 2.11 bits per heavy atom. The topological polar surface area (TPSA) is 0 Å². The van der Waals surface area contributed by atoms with Crippen molar-refractivity contribution in [3.8, 4) is 0 Å². The van der Waals surface area contributed by atoms with Crippen LogP contribution >= 0.6 is 16.5 Å². The van der Waals surface area contributed by atoms with E-state index in [4.69, 9.17) is 0 Å². The summed E-state index contributed by atoms with van der Waals surface area (Å²) in [6.45, 7) is 0. The Balaban J connectivity index is 1.97. The molecule has 2 saturated heterocycles. The number of hydrogen-bond donors (Lipinski definition) is 0. The van der Waals surface area contributed by atoms with E-state index in [1.54, 1.807) is 37.7 Å². The first-order valence-electron chi connectivity index (χ1n) is 3.94. The van der Waals surface area contributed by atoms with Gasteiger partial charge in [-0.25, -0.2) is 0 Å². The van der Waals surface area contributed by atoms with Crippen LogP contribution in [0.4, 0.5) is 0 Å². The molecule has 0 aromatic carbocycles. The summed E-state index contributed by atoms with van der Waals surface area (Å²) in [5.41, 5.74) is 0. The van der Waals surface area contributed by atoms with Crippen LogP contribution < -0.4 is 0 Å². The molecule has 0 amide bonds. The van der Waals surface area contributed by atoms with Crippen molar-refractivity contribution in [2.24, 2.45) is 0 Å². The van der Waals surface area contributed by atoms with Gasteiger partial charge in [0, 0.05) is 0 Å². The van der Waals surface area contributed by atoms with Gasteiger partial charge in [-0.15, -0.1) is 8.58 Å². The van der Waals surface area contributed by atoms with Crippen molar-refractivity contribution in [1.82, 2.24) is 0 Å². The molecule has 0 nitrogen and oxygen atoms in total. The maximum Gasteiger partial charge on any atom is -0.00334 e. The van der Waals surface area contributed by atoms with Gasteiger partial charge in [0.1, 0.15) is 0 Å². The Morgan fingerprint density at radius 1 is 1.22 bits per heavy atom. The first kappa shape index (κ1) is 6.56. The molecule has 2 aliphatic heterocycles. The lowest BCUT2D eigenvalue weighted by atomic mass is 10.4. The minimum Gasteiger partial charge on any atom is -0.114 e. The normalized spacial score (nSPS) is 45.3. The van der Waals surface area contributed by atoms with E-state index >= 15 is 0 Å². The fourth-order valence-corrected chi connectivity index (χ4v) is 8.04. The highest BCUT2D eigenvalue weighted by Gasteiger charge is 2.28. The Kier molecular flexibility index (Phi) is 2.08. The van der Waals surface area contributed by atoms with Gasteiger partial charge in [0.2, 0.25) is 0 Å². The highest BCUT2D eigenvalue weighted by atomic mass is 31.2. The molecule has 0 bridgehead atoms. The van der Waals surface area contributed by atoms with Gasteiger partial charge in [0.25, 0.3) is 0 Å². The lowest BCUT2D eigenvalue weighted by Crippen LogP contribution is -2.03. The molecule has 2 heteroatoms. The van der Waals surface area contributed by atoms with Gasteiger partial charge in [-0.05, 0) is 43.1 Å². The summed E-state index contributed by atoms with van der Waals surface area (Å²) in [7, 11) is 1.96. The molecule has 0 aromatic heterocycles. The molecule has 2 heterocycles. The van der Waals surface area contributed by atoms with Crippen molar-refractivity contribution in [1.29, 1.82) is 0 Å². The SMILES string of the molecule is C1CPC2CCCP2C1. The molecule has 2 fully saturated rings. The molecule has 2 rings (SSSR count). The Hall–Kier alpha value is 0.860. The summed E-state index contributed by atoms with van der Waals surface area (Å²) in [5, 5.41) is 1.26. The maximum atomic E-state index is 1.63. The molecular formula is C7H14P2. The van der Waals surface area contributed by atoms with Gasteiger partial charge >= 0.3 is 0 Å². The summed E-state index contributed by atoms with van der Waals surface area (Å²) < 4.78 is 0. The van der Waals surface area contributed by atoms with Gasteiger partial charge < -0.3 is 0 Å². The predicted molar refractivity (Wildman–Crippen MR) is 47.5 cm³/mol. The number of rotatable bonds is 0. The van der Waals surface area contributed by atoms with Gasteiger partial charge in [-0.2, -0.15) is 0 Å². The quantitative estimate of drug-likeness (QED) is 0.478. The van der Waals surface area contributed by atoms with Crippen LogP contribution in [-0.2, 0) is 0 Å². The third-order valence-corrected chi connectivity index (χ3v) is 8.33. The van der Waals surface area contributed by atoms with Gasteiger partial charge in [-0.1, -0.05) is 7.92 Å². The fourth-order valence-electron chi connectivity index (χ4n) is 1.88. The molecule has 3 unspecified atom stereocenters. The predicted octanol–water partition coefficient (Wildman–Crippen LogP) is 2.67. The molecular weight excluding hydrogens is 146 g/mol. The van der Waals surface area contributed by atoms with E-state index in [0.717, 1.165) is 0 Å². The van der Waals surface area contributed by atoms with Crippen LogP contribution in [0.15, 0.2) is 0 Å². The molecule has 0 saturated carbocycles. The van der Waals surface area contributed by atoms with Crippen LogP contribution in [0.5, 0.6) is 0 Å². The molecule has 9 heavy (non-hydrogen) atoms. The van der Waals surface area contributed by atoms with Crippen LogP contribution in [0.3, 0.4) is 0 Å². The zero-order chi connectivity index (χ0) is 6.10. The van der Waals surface area contributed by atoms with E-state index in [1.807, 2.05) is 0 Å². The lowest BCUT2D eigenvalue weighted by Gasteiger charge is -2.25. The smallest absolute Gasteiger partial charge is 0.00334 e. The number of fused-ring (bicyclic) bond motifs is 1. The highest BCUT2D eigenvalue weighted by Crippen LogP contribution is 2.60. The summed E-state index contributed by atoms with van der Waals surface area (Å²) in [5.74, 6) is 0. The Morgan fingerprint density at radius 3 is 3.00 bits per heavy atom. The molecule has 0 aromatic rings. The molecule has 0 N–H and O–H groups in total. The van der Waals surface area contributed by atoms with Gasteiger partial charge in [0.15, 0.2) is 0 Å². The van der Waals surface area contributed by atoms with Crippen molar-refractivity contribution in [3.05, 3.63) is 0 Å². The van der Waals surface area contributed by atoms with E-state index in [-0.39, 0.29) is 0 Å². The molecule has 52 valence electrons. The standard InChI is InChI=1S/C7H14P2/c1-3-7-8-4-2-6-9(7)5-1/h7-8H,1-6H2. The summed E-state index contributed by atoms with van der Waals surface area (Å²) in [6.07, 6.45) is 9.58. The van der Waals surface area contributed by atoms with E-state index < -0.39 is 0 Å². The second-order valence-electron chi connectivity index (χ2n) is 3.00. The monoisotopic (exact) mass is 160 g/mol. The molecule has 2 aliphatic rings. The van der Waals surface area contributed by atoms with Crippen LogP contribution in [0.25, 0.3) is 0 Å². The van der Waals surface area contributed by atoms with Crippen LogP contribution in [0, 0.1) is 0 Å². The van der Waals surface area contributed by atoms with Gasteiger partial charge in [0.05, 0.1) is 0 Å². The first-order valence-corrected chi connectivity index (χ1v) is 7.01. The van der Waals surface area contributed by atoms with Crippen LogP contribution in [0.1, 0.15) is 19.3 Å². The van der Waals surface area contributed by atoms with Crippen LogP contribution in [-0.4, -0.2) is 23.9 Å². The maximum absolute atomic E-state index is 1.63. The zero-order valence-corrected chi connectivity index (χ0v) is 7.66. The lowest BCUT2D eigenvalue weighted by molar-refractivity contribution is 0.916. The second kappa shape index (κ2) is 2.85. The third kappa shape index (κ3) is 1.31. The van der Waals surface area contributed by atoms with Crippen LogP contribution in [0.2, 0.25) is 0 Å². The van der Waals surface area contributed by atoms with Crippen molar-refractivity contribution in [2.45, 2.75) is 24.7 Å². The molecule has 0 aliphatic carbocycles. The average molecular weight is 160 g/mol. The minimum atomic E-state index is 0.593. The number of hydrogen-bond acceptors (Lipinski definition) is 0. The van der Waals surface area contributed by atoms with Gasteiger partial charge in [-0.3, -0.25) is 0 Å². The molecule has 0 spiro atoms. The largest absolute Gasteiger partial charge is 0.114 e. The second-order valence-corrected chi connectivity index (χ2v) is 7.79. The van der Waals surface area contributed by atoms with Crippen molar-refractivity contribution >= 4 is 16.5 Å². The summed E-state index contributed by atoms with van der Waals surface area (Å²) >= 11 is 0. The first-order chi connectivity index (χ1) is 4.47. The highest BCUT2D eigenvalue weighted by molar-refractivity contribution is 7.70. The summed E-state index contributed by atoms with van der Waals surface area (Å²) in [4.78, 5) is 0. The van der Waals surface area contributed by atoms with Crippen molar-refractivity contribution in [2.75, 3.05) is 18.5 Å². The molecule has 0 radical (unpaired) electrons. The van der Waals surface area contributed by atoms with E-state index in [9.17, 15) is 0 Å². The average Bonchev–Trinajstić information content (AvgIpc) is 2.33. The Bertz CT molecular complexity index is 91.1.